The molecule has 84 valence electrons. The van der Waals surface area contributed by atoms with E-state index in [9.17, 15) is 4.79 Å². The van der Waals surface area contributed by atoms with Crippen LogP contribution in [0.2, 0.25) is 0 Å². The fraction of sp³-hybridized carbons (Fsp3) is 0.900. The van der Waals surface area contributed by atoms with E-state index in [1.165, 1.54) is 0 Å². The minimum atomic E-state index is -0.309. The highest BCUT2D eigenvalue weighted by Crippen LogP contribution is 1.87. The van der Waals surface area contributed by atoms with Gasteiger partial charge in [0, 0.05) is 13.1 Å². The Kier molecular flexibility index (Phi) is 9.74. The quantitative estimate of drug-likeness (QED) is 0.587. The van der Waals surface area contributed by atoms with Gasteiger partial charge in [-0.15, -0.1) is 0 Å². The van der Waals surface area contributed by atoms with Crippen LogP contribution in [0.4, 0.5) is 4.79 Å². The van der Waals surface area contributed by atoms with Crippen molar-refractivity contribution in [1.29, 1.82) is 0 Å². The average Bonchev–Trinajstić information content (AvgIpc) is 2.18. The van der Waals surface area contributed by atoms with Crippen LogP contribution in [0.25, 0.3) is 0 Å². The Bertz CT molecular complexity index is 140. The van der Waals surface area contributed by atoms with E-state index in [1.807, 2.05) is 0 Å². The highest BCUT2D eigenvalue weighted by molar-refractivity contribution is 5.66. The van der Waals surface area contributed by atoms with Gasteiger partial charge < -0.3 is 15.4 Å². The molecule has 0 radical (unpaired) electrons. The average molecular weight is 202 g/mol. The molecule has 0 aromatic rings. The van der Waals surface area contributed by atoms with Crippen molar-refractivity contribution in [3.05, 3.63) is 0 Å². The molecular formula is C10H22N2O2. The fourth-order valence-electron chi connectivity index (χ4n) is 0.915. The van der Waals surface area contributed by atoms with E-state index in [1.54, 1.807) is 0 Å². The van der Waals surface area contributed by atoms with Crippen molar-refractivity contribution in [2.75, 3.05) is 26.2 Å². The van der Waals surface area contributed by atoms with E-state index in [4.69, 9.17) is 4.74 Å². The number of hydrogen-bond donors (Lipinski definition) is 2. The Morgan fingerprint density at radius 1 is 1.14 bits per heavy atom. The Morgan fingerprint density at radius 2 is 1.93 bits per heavy atom. The molecule has 0 aliphatic heterocycles. The lowest BCUT2D eigenvalue weighted by atomic mass is 10.4. The van der Waals surface area contributed by atoms with Gasteiger partial charge in [0.2, 0.25) is 0 Å². The first-order chi connectivity index (χ1) is 6.81. The number of unbranched alkanes of at least 4 members (excludes halogenated alkanes) is 1. The standard InChI is InChI=1S/C10H22N2O2/c1-3-5-9-14-10(13)12-8-7-11-6-4-2/h11H,3-9H2,1-2H3,(H,12,13). The van der Waals surface area contributed by atoms with Gasteiger partial charge in [-0.25, -0.2) is 4.79 Å². The number of carbonyl (C=O) groups excluding carboxylic acids is 1. The zero-order chi connectivity index (χ0) is 10.6. The van der Waals surface area contributed by atoms with Gasteiger partial charge in [0.05, 0.1) is 6.61 Å². The van der Waals surface area contributed by atoms with Gasteiger partial charge in [0.25, 0.3) is 0 Å². The van der Waals surface area contributed by atoms with Crippen molar-refractivity contribution in [2.45, 2.75) is 33.1 Å². The number of nitrogens with one attached hydrogen (secondary N) is 2. The summed E-state index contributed by atoms with van der Waals surface area (Å²) < 4.78 is 4.91. The van der Waals surface area contributed by atoms with E-state index >= 15 is 0 Å². The minimum absolute atomic E-state index is 0.309. The third-order valence-corrected chi connectivity index (χ3v) is 1.73. The van der Waals surface area contributed by atoms with Crippen LogP contribution >= 0.6 is 0 Å². The molecule has 1 amide bonds. The molecule has 2 N–H and O–H groups in total. The van der Waals surface area contributed by atoms with Crippen molar-refractivity contribution >= 4 is 6.09 Å². The summed E-state index contributed by atoms with van der Waals surface area (Å²) in [7, 11) is 0. The number of carbonyl (C=O) groups is 1. The second-order valence-electron chi connectivity index (χ2n) is 3.17. The van der Waals surface area contributed by atoms with Crippen molar-refractivity contribution in [2.24, 2.45) is 0 Å². The van der Waals surface area contributed by atoms with Gasteiger partial charge in [-0.3, -0.25) is 0 Å². The van der Waals surface area contributed by atoms with Gasteiger partial charge in [0.1, 0.15) is 0 Å². The maximum absolute atomic E-state index is 11.0. The zero-order valence-corrected chi connectivity index (χ0v) is 9.27. The molecule has 0 atom stereocenters. The molecule has 14 heavy (non-hydrogen) atoms. The maximum Gasteiger partial charge on any atom is 0.407 e. The summed E-state index contributed by atoms with van der Waals surface area (Å²) in [5, 5.41) is 5.86. The highest BCUT2D eigenvalue weighted by Gasteiger charge is 1.98. The fourth-order valence-corrected chi connectivity index (χ4v) is 0.915. The SMILES string of the molecule is CCCCOC(=O)NCCNCCC. The molecule has 4 heteroatoms. The van der Waals surface area contributed by atoms with Gasteiger partial charge >= 0.3 is 6.09 Å². The van der Waals surface area contributed by atoms with Gasteiger partial charge in [-0.1, -0.05) is 20.3 Å². The molecule has 0 rings (SSSR count). The smallest absolute Gasteiger partial charge is 0.407 e. The van der Waals surface area contributed by atoms with E-state index < -0.39 is 0 Å². The predicted octanol–water partition coefficient (Wildman–Crippen LogP) is 1.51. The summed E-state index contributed by atoms with van der Waals surface area (Å²) in [6, 6.07) is 0. The number of amides is 1. The topological polar surface area (TPSA) is 50.4 Å². The first kappa shape index (κ1) is 13.2. The normalized spacial score (nSPS) is 9.86. The van der Waals surface area contributed by atoms with Crippen molar-refractivity contribution < 1.29 is 9.53 Å². The van der Waals surface area contributed by atoms with E-state index in [0.29, 0.717) is 13.2 Å². The molecule has 0 saturated carbocycles. The van der Waals surface area contributed by atoms with E-state index in [2.05, 4.69) is 24.5 Å². The molecule has 0 aromatic heterocycles. The zero-order valence-electron chi connectivity index (χ0n) is 9.27. The summed E-state index contributed by atoms with van der Waals surface area (Å²) >= 11 is 0. The van der Waals surface area contributed by atoms with Crippen molar-refractivity contribution in [1.82, 2.24) is 10.6 Å². The lowest BCUT2D eigenvalue weighted by Crippen LogP contribution is -2.32. The van der Waals surface area contributed by atoms with E-state index in [-0.39, 0.29) is 6.09 Å². The number of hydrogen-bond acceptors (Lipinski definition) is 3. The molecule has 4 nitrogen and oxygen atoms in total. The lowest BCUT2D eigenvalue weighted by molar-refractivity contribution is 0.144. The molecule has 0 saturated heterocycles. The first-order valence-electron chi connectivity index (χ1n) is 5.42. The third-order valence-electron chi connectivity index (χ3n) is 1.73. The monoisotopic (exact) mass is 202 g/mol. The van der Waals surface area contributed by atoms with Gasteiger partial charge in [-0.2, -0.15) is 0 Å². The Morgan fingerprint density at radius 3 is 2.57 bits per heavy atom. The second kappa shape index (κ2) is 10.3. The molecule has 0 fully saturated rings. The van der Waals surface area contributed by atoms with E-state index in [0.717, 1.165) is 32.4 Å². The summed E-state index contributed by atoms with van der Waals surface area (Å²) in [5.74, 6) is 0. The summed E-state index contributed by atoms with van der Waals surface area (Å²) in [6.07, 6.45) is 2.78. The summed E-state index contributed by atoms with van der Waals surface area (Å²) in [5.41, 5.74) is 0. The molecule has 0 bridgehead atoms. The largest absolute Gasteiger partial charge is 0.450 e. The van der Waals surface area contributed by atoms with Crippen LogP contribution < -0.4 is 10.6 Å². The highest BCUT2D eigenvalue weighted by atomic mass is 16.5. The minimum Gasteiger partial charge on any atom is -0.450 e. The maximum atomic E-state index is 11.0. The molecule has 0 aliphatic carbocycles. The number of alkyl carbamates (subject to hydrolysis) is 1. The summed E-state index contributed by atoms with van der Waals surface area (Å²) in [6.45, 7) is 7.12. The van der Waals surface area contributed by atoms with Crippen LogP contribution in [0, 0.1) is 0 Å². The second-order valence-corrected chi connectivity index (χ2v) is 3.17. The lowest BCUT2D eigenvalue weighted by Gasteiger charge is -2.06. The number of rotatable bonds is 8. The molecule has 0 unspecified atom stereocenters. The molecule has 0 aliphatic rings. The predicted molar refractivity (Wildman–Crippen MR) is 57.4 cm³/mol. The van der Waals surface area contributed by atoms with Crippen molar-refractivity contribution in [3.8, 4) is 0 Å². The van der Waals surface area contributed by atoms with Crippen LogP contribution in [0.3, 0.4) is 0 Å². The Balaban J connectivity index is 3.10. The Labute approximate surface area is 86.4 Å². The summed E-state index contributed by atoms with van der Waals surface area (Å²) in [4.78, 5) is 11.0. The molecular weight excluding hydrogens is 180 g/mol. The van der Waals surface area contributed by atoms with Crippen LogP contribution in [0.5, 0.6) is 0 Å². The van der Waals surface area contributed by atoms with Crippen LogP contribution in [-0.2, 0) is 4.74 Å². The van der Waals surface area contributed by atoms with Crippen LogP contribution in [0.15, 0.2) is 0 Å². The van der Waals surface area contributed by atoms with Crippen LogP contribution in [0.1, 0.15) is 33.1 Å². The Hall–Kier alpha value is -0.770. The number of ether oxygens (including phenoxy) is 1. The third kappa shape index (κ3) is 9.32. The first-order valence-corrected chi connectivity index (χ1v) is 5.42. The van der Waals surface area contributed by atoms with Gasteiger partial charge in [-0.05, 0) is 19.4 Å². The van der Waals surface area contributed by atoms with Gasteiger partial charge in [0.15, 0.2) is 0 Å². The molecule has 0 heterocycles. The molecule has 0 spiro atoms. The van der Waals surface area contributed by atoms with Crippen LogP contribution in [-0.4, -0.2) is 32.3 Å². The molecule has 0 aromatic carbocycles. The van der Waals surface area contributed by atoms with Crippen molar-refractivity contribution in [3.63, 3.8) is 0 Å².